The van der Waals surface area contributed by atoms with E-state index >= 15 is 0 Å². The number of halogens is 1. The number of carbonyl (C=O) groups excluding carboxylic acids is 1. The molecule has 2 aromatic heterocycles. The molecule has 0 spiro atoms. The zero-order valence-electron chi connectivity index (χ0n) is 13.1. The molecular formula is C18H16FNO3S2. The van der Waals surface area contributed by atoms with Crippen LogP contribution in [0.2, 0.25) is 0 Å². The van der Waals surface area contributed by atoms with E-state index in [1.54, 1.807) is 12.1 Å². The van der Waals surface area contributed by atoms with Gasteiger partial charge in [-0.05, 0) is 40.4 Å². The van der Waals surface area contributed by atoms with Crippen LogP contribution in [0.3, 0.4) is 0 Å². The van der Waals surface area contributed by atoms with Crippen LogP contribution < -0.4 is 10.1 Å². The standard InChI is InChI=1S/C18H16FNO3S2/c19-14-4-1-2-5-15(14)23-10-17(21)20-12-18(22,13-7-9-24-11-13)16-6-3-8-25-16/h1-9,11,22H,10,12H2,(H,20,21). The molecule has 1 unspecified atom stereocenters. The Morgan fingerprint density at radius 1 is 1.20 bits per heavy atom. The average molecular weight is 377 g/mol. The molecule has 1 amide bonds. The fraction of sp³-hybridized carbons (Fsp3) is 0.167. The van der Waals surface area contributed by atoms with Crippen molar-refractivity contribution in [2.24, 2.45) is 0 Å². The topological polar surface area (TPSA) is 58.6 Å². The second-order valence-corrected chi connectivity index (χ2v) is 7.07. The van der Waals surface area contributed by atoms with Crippen molar-refractivity contribution < 1.29 is 19.0 Å². The van der Waals surface area contributed by atoms with Crippen molar-refractivity contribution >= 4 is 28.6 Å². The summed E-state index contributed by atoms with van der Waals surface area (Å²) in [5.41, 5.74) is -0.586. The molecule has 0 aliphatic heterocycles. The first-order valence-corrected chi connectivity index (χ1v) is 9.35. The van der Waals surface area contributed by atoms with E-state index in [0.717, 1.165) is 10.4 Å². The van der Waals surface area contributed by atoms with Crippen molar-refractivity contribution in [3.63, 3.8) is 0 Å². The molecule has 4 nitrogen and oxygen atoms in total. The van der Waals surface area contributed by atoms with Crippen LogP contribution in [0.25, 0.3) is 0 Å². The number of nitrogens with one attached hydrogen (secondary N) is 1. The average Bonchev–Trinajstić information content (AvgIpc) is 3.32. The number of thiophene rings is 2. The van der Waals surface area contributed by atoms with Crippen molar-refractivity contribution in [3.05, 3.63) is 74.9 Å². The van der Waals surface area contributed by atoms with Gasteiger partial charge >= 0.3 is 0 Å². The van der Waals surface area contributed by atoms with Crippen molar-refractivity contribution in [3.8, 4) is 5.75 Å². The van der Waals surface area contributed by atoms with Crippen molar-refractivity contribution in [2.75, 3.05) is 13.2 Å². The van der Waals surface area contributed by atoms with Gasteiger partial charge in [0, 0.05) is 10.4 Å². The zero-order valence-corrected chi connectivity index (χ0v) is 14.8. The molecule has 0 saturated heterocycles. The SMILES string of the molecule is O=C(COc1ccccc1F)NCC(O)(c1ccsc1)c1cccs1. The number of carbonyl (C=O) groups is 1. The summed E-state index contributed by atoms with van der Waals surface area (Å²) in [6.07, 6.45) is 0. The van der Waals surface area contributed by atoms with E-state index in [0.29, 0.717) is 0 Å². The molecule has 1 aromatic carbocycles. The van der Waals surface area contributed by atoms with E-state index in [1.165, 1.54) is 34.8 Å². The largest absolute Gasteiger partial charge is 0.481 e. The molecule has 3 rings (SSSR count). The Morgan fingerprint density at radius 2 is 2.04 bits per heavy atom. The van der Waals surface area contributed by atoms with Crippen molar-refractivity contribution in [1.82, 2.24) is 5.32 Å². The fourth-order valence-electron chi connectivity index (χ4n) is 2.33. The molecule has 0 aliphatic carbocycles. The van der Waals surface area contributed by atoms with Gasteiger partial charge in [0.2, 0.25) is 0 Å². The lowest BCUT2D eigenvalue weighted by Gasteiger charge is -2.27. The number of aliphatic hydroxyl groups is 1. The summed E-state index contributed by atoms with van der Waals surface area (Å²) < 4.78 is 18.7. The third-order valence-corrected chi connectivity index (χ3v) is 5.37. The molecule has 0 fully saturated rings. The van der Waals surface area contributed by atoms with Gasteiger partial charge in [-0.1, -0.05) is 18.2 Å². The second kappa shape index (κ2) is 7.77. The highest BCUT2D eigenvalue weighted by Gasteiger charge is 2.33. The van der Waals surface area contributed by atoms with Crippen LogP contribution in [-0.4, -0.2) is 24.2 Å². The first-order valence-electron chi connectivity index (χ1n) is 7.52. The van der Waals surface area contributed by atoms with Gasteiger partial charge in [-0.3, -0.25) is 4.79 Å². The number of hydrogen-bond donors (Lipinski definition) is 2. The lowest BCUT2D eigenvalue weighted by molar-refractivity contribution is -0.124. The highest BCUT2D eigenvalue weighted by molar-refractivity contribution is 7.10. The second-order valence-electron chi connectivity index (χ2n) is 5.35. The van der Waals surface area contributed by atoms with Gasteiger partial charge < -0.3 is 15.2 Å². The van der Waals surface area contributed by atoms with E-state index in [4.69, 9.17) is 4.74 Å². The number of rotatable bonds is 7. The van der Waals surface area contributed by atoms with Crippen LogP contribution in [0.5, 0.6) is 5.75 Å². The number of para-hydroxylation sites is 1. The molecule has 1 atom stereocenters. The smallest absolute Gasteiger partial charge is 0.258 e. The van der Waals surface area contributed by atoms with Gasteiger partial charge in [0.05, 0.1) is 6.54 Å². The lowest BCUT2D eigenvalue weighted by Crippen LogP contribution is -2.42. The molecular weight excluding hydrogens is 361 g/mol. The number of ether oxygens (including phenoxy) is 1. The maximum atomic E-state index is 13.5. The summed E-state index contributed by atoms with van der Waals surface area (Å²) in [6, 6.07) is 11.4. The monoisotopic (exact) mass is 377 g/mol. The molecule has 0 aliphatic rings. The van der Waals surface area contributed by atoms with Gasteiger partial charge in [0.1, 0.15) is 5.60 Å². The summed E-state index contributed by atoms with van der Waals surface area (Å²) in [4.78, 5) is 12.8. The van der Waals surface area contributed by atoms with Gasteiger partial charge in [-0.2, -0.15) is 11.3 Å². The predicted molar refractivity (Wildman–Crippen MR) is 96.5 cm³/mol. The highest BCUT2D eigenvalue weighted by atomic mass is 32.1. The van der Waals surface area contributed by atoms with E-state index in [-0.39, 0.29) is 18.9 Å². The van der Waals surface area contributed by atoms with Crippen molar-refractivity contribution in [1.29, 1.82) is 0 Å². The molecule has 2 heterocycles. The summed E-state index contributed by atoms with van der Waals surface area (Å²) in [5.74, 6) is -0.943. The van der Waals surface area contributed by atoms with Crippen LogP contribution in [-0.2, 0) is 10.4 Å². The molecule has 25 heavy (non-hydrogen) atoms. The maximum Gasteiger partial charge on any atom is 0.258 e. The van der Waals surface area contributed by atoms with Crippen LogP contribution in [0.4, 0.5) is 4.39 Å². The molecule has 3 aromatic rings. The fourth-order valence-corrected chi connectivity index (χ4v) is 3.90. The highest BCUT2D eigenvalue weighted by Crippen LogP contribution is 2.33. The Balaban J connectivity index is 1.64. The van der Waals surface area contributed by atoms with Crippen LogP contribution in [0.1, 0.15) is 10.4 Å². The summed E-state index contributed by atoms with van der Waals surface area (Å²) >= 11 is 2.89. The Hall–Kier alpha value is -2.22. The third-order valence-electron chi connectivity index (χ3n) is 3.66. The first-order chi connectivity index (χ1) is 12.1. The van der Waals surface area contributed by atoms with Crippen molar-refractivity contribution in [2.45, 2.75) is 5.60 Å². The summed E-state index contributed by atoms with van der Waals surface area (Å²) in [5, 5.41) is 19.4. The van der Waals surface area contributed by atoms with Crippen LogP contribution in [0, 0.1) is 5.82 Å². The number of benzene rings is 1. The van der Waals surface area contributed by atoms with Crippen LogP contribution in [0.15, 0.2) is 58.6 Å². The van der Waals surface area contributed by atoms with Gasteiger partial charge in [-0.25, -0.2) is 4.39 Å². The number of hydrogen-bond acceptors (Lipinski definition) is 5. The molecule has 2 N–H and O–H groups in total. The van der Waals surface area contributed by atoms with E-state index < -0.39 is 17.3 Å². The lowest BCUT2D eigenvalue weighted by atomic mass is 9.94. The summed E-state index contributed by atoms with van der Waals surface area (Å²) in [6.45, 7) is -0.325. The normalized spacial score (nSPS) is 13.2. The van der Waals surface area contributed by atoms with E-state index in [2.05, 4.69) is 5.32 Å². The molecule has 130 valence electrons. The zero-order chi connectivity index (χ0) is 17.7. The minimum absolute atomic E-state index is 0.00368. The maximum absolute atomic E-state index is 13.5. The minimum atomic E-state index is -1.30. The Kier molecular flexibility index (Phi) is 5.47. The molecule has 7 heteroatoms. The van der Waals surface area contributed by atoms with Crippen LogP contribution >= 0.6 is 22.7 Å². The van der Waals surface area contributed by atoms with E-state index in [9.17, 15) is 14.3 Å². The van der Waals surface area contributed by atoms with Gasteiger partial charge in [0.15, 0.2) is 18.2 Å². The molecule has 0 bridgehead atoms. The number of amides is 1. The van der Waals surface area contributed by atoms with E-state index in [1.807, 2.05) is 34.3 Å². The quantitative estimate of drug-likeness (QED) is 0.664. The van der Waals surface area contributed by atoms with Gasteiger partial charge in [0.25, 0.3) is 5.91 Å². The third kappa shape index (κ3) is 4.07. The van der Waals surface area contributed by atoms with Gasteiger partial charge in [-0.15, -0.1) is 11.3 Å². The Labute approximate surface area is 152 Å². The molecule has 0 saturated carbocycles. The minimum Gasteiger partial charge on any atom is -0.481 e. The molecule has 0 radical (unpaired) electrons. The summed E-state index contributed by atoms with van der Waals surface area (Å²) in [7, 11) is 0. The Morgan fingerprint density at radius 3 is 2.72 bits per heavy atom. The first kappa shape index (κ1) is 17.6. The predicted octanol–water partition coefficient (Wildman–Crippen LogP) is 3.38. The Bertz CT molecular complexity index is 784.